The first kappa shape index (κ1) is 19.3. The van der Waals surface area contributed by atoms with Crippen LogP contribution in [-0.4, -0.2) is 34.4 Å². The first-order chi connectivity index (χ1) is 14.1. The molecular weight excluding hydrogens is 414 g/mol. The molecule has 0 radical (unpaired) electrons. The van der Waals surface area contributed by atoms with Crippen LogP contribution in [0.4, 0.5) is 5.69 Å². The third kappa shape index (κ3) is 3.94. The van der Waals surface area contributed by atoms with E-state index >= 15 is 0 Å². The summed E-state index contributed by atoms with van der Waals surface area (Å²) >= 11 is 3.10. The number of methoxy groups -OCH3 is 1. The number of hydrogen-bond donors (Lipinski definition) is 0. The number of thiophene rings is 1. The second-order valence-corrected chi connectivity index (χ2v) is 8.11. The van der Waals surface area contributed by atoms with Crippen molar-refractivity contribution in [3.05, 3.63) is 66.3 Å². The maximum atomic E-state index is 13.1. The van der Waals surface area contributed by atoms with Crippen molar-refractivity contribution >= 4 is 34.3 Å². The van der Waals surface area contributed by atoms with E-state index in [4.69, 9.17) is 9.47 Å². The second kappa shape index (κ2) is 8.18. The molecule has 8 nitrogen and oxygen atoms in total. The fraction of sp³-hybridized carbons (Fsp3) is 0.263. The Bertz CT molecular complexity index is 1050. The number of aromatic nitrogens is 1. The number of ether oxygens (including phenoxy) is 2. The molecule has 1 aromatic carbocycles. The van der Waals surface area contributed by atoms with Gasteiger partial charge in [-0.15, -0.1) is 22.7 Å². The van der Waals surface area contributed by atoms with E-state index in [1.807, 2.05) is 16.8 Å². The van der Waals surface area contributed by atoms with Crippen LogP contribution in [0.25, 0.3) is 0 Å². The van der Waals surface area contributed by atoms with Crippen LogP contribution in [0.1, 0.15) is 26.5 Å². The van der Waals surface area contributed by atoms with Gasteiger partial charge in [0.1, 0.15) is 12.2 Å². The number of nitro benzene ring substituents is 1. The third-order valence-electron chi connectivity index (χ3n) is 4.66. The molecule has 4 rings (SSSR count). The highest BCUT2D eigenvalue weighted by molar-refractivity contribution is 7.10. The molecule has 1 aliphatic rings. The quantitative estimate of drug-likeness (QED) is 0.434. The van der Waals surface area contributed by atoms with Crippen LogP contribution in [0, 0.1) is 10.1 Å². The van der Waals surface area contributed by atoms with Gasteiger partial charge >= 0.3 is 0 Å². The third-order valence-corrected chi connectivity index (χ3v) is 6.32. The van der Waals surface area contributed by atoms with Crippen LogP contribution in [0.5, 0.6) is 11.5 Å². The minimum Gasteiger partial charge on any atom is -0.493 e. The van der Waals surface area contributed by atoms with Gasteiger partial charge in [-0.05, 0) is 23.4 Å². The van der Waals surface area contributed by atoms with Crippen LogP contribution in [0.2, 0.25) is 0 Å². The van der Waals surface area contributed by atoms with Crippen molar-refractivity contribution in [1.82, 2.24) is 9.88 Å². The largest absolute Gasteiger partial charge is 0.493 e. The minimum absolute atomic E-state index is 0.00784. The van der Waals surface area contributed by atoms with Gasteiger partial charge in [-0.3, -0.25) is 14.9 Å². The van der Waals surface area contributed by atoms with Crippen LogP contribution in [0.15, 0.2) is 34.5 Å². The minimum atomic E-state index is -0.567. The highest BCUT2D eigenvalue weighted by Crippen LogP contribution is 2.36. The molecule has 1 aliphatic heterocycles. The Labute approximate surface area is 174 Å². The number of amides is 1. The molecule has 3 aromatic rings. The van der Waals surface area contributed by atoms with Gasteiger partial charge in [-0.25, -0.2) is 4.98 Å². The van der Waals surface area contributed by atoms with Crippen molar-refractivity contribution in [2.24, 2.45) is 0 Å². The summed E-state index contributed by atoms with van der Waals surface area (Å²) in [4.78, 5) is 31.2. The number of rotatable bonds is 6. The van der Waals surface area contributed by atoms with E-state index in [9.17, 15) is 14.9 Å². The first-order valence-corrected chi connectivity index (χ1v) is 10.6. The van der Waals surface area contributed by atoms with Crippen molar-refractivity contribution in [3.63, 3.8) is 0 Å². The Balaban J connectivity index is 1.63. The maximum absolute atomic E-state index is 13.1. The standard InChI is InChI=1S/C19H17N3O5S2/c1-26-16-6-14(19(23)21-4-2-18-12(8-21)3-5-29-18)15(22(24)25)7-17(16)27-9-13-10-28-11-20-13/h3,5-7,10-11H,2,4,8-9H2,1H3. The van der Waals surface area contributed by atoms with Gasteiger partial charge < -0.3 is 14.4 Å². The van der Waals surface area contributed by atoms with Gasteiger partial charge in [-0.2, -0.15) is 0 Å². The van der Waals surface area contributed by atoms with Gasteiger partial charge in [-0.1, -0.05) is 0 Å². The summed E-state index contributed by atoms with van der Waals surface area (Å²) in [5, 5.41) is 15.5. The summed E-state index contributed by atoms with van der Waals surface area (Å²) in [7, 11) is 1.43. The molecule has 29 heavy (non-hydrogen) atoms. The van der Waals surface area contributed by atoms with Gasteiger partial charge in [0.2, 0.25) is 0 Å². The van der Waals surface area contributed by atoms with Gasteiger partial charge in [0.05, 0.1) is 29.3 Å². The number of nitrogens with zero attached hydrogens (tertiary/aromatic N) is 3. The SMILES string of the molecule is COc1cc(C(=O)N2CCc3sccc3C2)c([N+](=O)[O-])cc1OCc1cscn1. The Hall–Kier alpha value is -2.98. The zero-order valence-electron chi connectivity index (χ0n) is 15.5. The van der Waals surface area contributed by atoms with Crippen molar-refractivity contribution in [3.8, 4) is 11.5 Å². The predicted octanol–water partition coefficient (Wildman–Crippen LogP) is 3.90. The molecule has 10 heteroatoms. The van der Waals surface area contributed by atoms with Crippen molar-refractivity contribution in [2.45, 2.75) is 19.6 Å². The number of carbonyl (C=O) groups is 1. The van der Waals surface area contributed by atoms with Crippen molar-refractivity contribution in [2.75, 3.05) is 13.7 Å². The van der Waals surface area contributed by atoms with E-state index in [0.717, 1.165) is 12.0 Å². The maximum Gasteiger partial charge on any atom is 0.286 e. The van der Waals surface area contributed by atoms with Crippen LogP contribution >= 0.6 is 22.7 Å². The number of hydrogen-bond acceptors (Lipinski definition) is 8. The second-order valence-electron chi connectivity index (χ2n) is 6.39. The molecule has 0 spiro atoms. The molecule has 0 saturated heterocycles. The first-order valence-electron chi connectivity index (χ1n) is 8.77. The fourth-order valence-electron chi connectivity index (χ4n) is 3.20. The van der Waals surface area contributed by atoms with E-state index in [0.29, 0.717) is 18.8 Å². The molecule has 0 unspecified atom stereocenters. The Kier molecular flexibility index (Phi) is 5.45. The lowest BCUT2D eigenvalue weighted by atomic mass is 10.1. The topological polar surface area (TPSA) is 94.8 Å². The lowest BCUT2D eigenvalue weighted by molar-refractivity contribution is -0.385. The summed E-state index contributed by atoms with van der Waals surface area (Å²) in [5.41, 5.74) is 3.16. The molecule has 0 fully saturated rings. The number of thiazole rings is 1. The van der Waals surface area contributed by atoms with E-state index in [1.54, 1.807) is 21.7 Å². The van der Waals surface area contributed by atoms with E-state index in [-0.39, 0.29) is 29.4 Å². The van der Waals surface area contributed by atoms with Crippen LogP contribution in [-0.2, 0) is 19.6 Å². The summed E-state index contributed by atoms with van der Waals surface area (Å²) in [6.45, 7) is 1.12. The van der Waals surface area contributed by atoms with E-state index < -0.39 is 10.8 Å². The molecule has 1 amide bonds. The Morgan fingerprint density at radius 2 is 2.24 bits per heavy atom. The molecule has 0 bridgehead atoms. The highest BCUT2D eigenvalue weighted by atomic mass is 32.1. The highest BCUT2D eigenvalue weighted by Gasteiger charge is 2.30. The summed E-state index contributed by atoms with van der Waals surface area (Å²) in [6.07, 6.45) is 0.749. The van der Waals surface area contributed by atoms with Crippen LogP contribution < -0.4 is 9.47 Å². The normalized spacial score (nSPS) is 13.1. The molecule has 0 saturated carbocycles. The molecule has 0 atom stereocenters. The number of nitro groups is 1. The van der Waals surface area contributed by atoms with E-state index in [1.165, 1.54) is 35.5 Å². The lowest BCUT2D eigenvalue weighted by Crippen LogP contribution is -2.35. The molecule has 0 N–H and O–H groups in total. The average Bonchev–Trinajstić information content (AvgIpc) is 3.42. The molecular formula is C19H17N3O5S2. The molecule has 0 aliphatic carbocycles. The average molecular weight is 431 g/mol. The number of fused-ring (bicyclic) bond motifs is 1. The summed E-state index contributed by atoms with van der Waals surface area (Å²) in [5.74, 6) is 0.0721. The van der Waals surface area contributed by atoms with Crippen molar-refractivity contribution < 1.29 is 19.2 Å². The van der Waals surface area contributed by atoms with E-state index in [2.05, 4.69) is 4.98 Å². The summed E-state index contributed by atoms with van der Waals surface area (Å²) < 4.78 is 11.0. The molecule has 150 valence electrons. The molecule has 3 heterocycles. The van der Waals surface area contributed by atoms with Gasteiger partial charge in [0, 0.05) is 29.4 Å². The Morgan fingerprint density at radius 3 is 2.97 bits per heavy atom. The zero-order valence-corrected chi connectivity index (χ0v) is 17.1. The Morgan fingerprint density at radius 1 is 1.38 bits per heavy atom. The molecule has 2 aromatic heterocycles. The predicted molar refractivity (Wildman–Crippen MR) is 109 cm³/mol. The lowest BCUT2D eigenvalue weighted by Gasteiger charge is -2.27. The van der Waals surface area contributed by atoms with Crippen molar-refractivity contribution in [1.29, 1.82) is 0 Å². The van der Waals surface area contributed by atoms with Gasteiger partial charge in [0.15, 0.2) is 11.5 Å². The fourth-order valence-corrected chi connectivity index (χ4v) is 4.63. The van der Waals surface area contributed by atoms with Crippen LogP contribution in [0.3, 0.4) is 0 Å². The monoisotopic (exact) mass is 431 g/mol. The number of benzene rings is 1. The summed E-state index contributed by atoms with van der Waals surface area (Å²) in [6, 6.07) is 4.63. The van der Waals surface area contributed by atoms with Gasteiger partial charge in [0.25, 0.3) is 11.6 Å². The zero-order chi connectivity index (χ0) is 20.4. The smallest absolute Gasteiger partial charge is 0.286 e. The number of carbonyl (C=O) groups excluding carboxylic acids is 1.